The van der Waals surface area contributed by atoms with E-state index >= 15 is 0 Å². The highest BCUT2D eigenvalue weighted by atomic mass is 19.4. The van der Waals surface area contributed by atoms with Crippen LogP contribution in [0.15, 0.2) is 0 Å². The van der Waals surface area contributed by atoms with Crippen molar-refractivity contribution in [3.8, 4) is 0 Å². The minimum atomic E-state index is -4.51. The van der Waals surface area contributed by atoms with Crippen LogP contribution in [0.4, 0.5) is 13.2 Å². The monoisotopic (exact) mass is 498 g/mol. The number of hydrogen-bond acceptors (Lipinski definition) is 2. The van der Waals surface area contributed by atoms with Crippen LogP contribution in [0.25, 0.3) is 0 Å². The molecule has 5 saturated carbocycles. The van der Waals surface area contributed by atoms with Crippen LogP contribution < -0.4 is 0 Å². The van der Waals surface area contributed by atoms with Gasteiger partial charge in [0.05, 0.1) is 6.10 Å². The summed E-state index contributed by atoms with van der Waals surface area (Å²) in [4.78, 5) is 0. The van der Waals surface area contributed by atoms with Gasteiger partial charge in [0.2, 0.25) is 0 Å². The van der Waals surface area contributed by atoms with Crippen molar-refractivity contribution in [1.82, 2.24) is 0 Å². The predicted molar refractivity (Wildman–Crippen MR) is 133 cm³/mol. The van der Waals surface area contributed by atoms with Crippen molar-refractivity contribution in [2.45, 2.75) is 141 Å². The smallest absolute Gasteiger partial charge is 0.393 e. The van der Waals surface area contributed by atoms with Crippen LogP contribution in [-0.4, -0.2) is 28.1 Å². The summed E-state index contributed by atoms with van der Waals surface area (Å²) in [6, 6.07) is 0. The molecule has 0 amide bonds. The lowest BCUT2D eigenvalue weighted by atomic mass is 9.43. The lowest BCUT2D eigenvalue weighted by molar-refractivity contribution is -0.290. The predicted octanol–water partition coefficient (Wildman–Crippen LogP) is 8.05. The van der Waals surface area contributed by atoms with Crippen LogP contribution in [-0.2, 0) is 0 Å². The molecular weight excluding hydrogens is 449 g/mol. The van der Waals surface area contributed by atoms with Crippen molar-refractivity contribution in [3.05, 3.63) is 0 Å². The van der Waals surface area contributed by atoms with Crippen LogP contribution in [0, 0.1) is 46.3 Å². The van der Waals surface area contributed by atoms with Gasteiger partial charge in [-0.25, -0.2) is 0 Å². The second-order valence-corrected chi connectivity index (χ2v) is 14.1. The summed E-state index contributed by atoms with van der Waals surface area (Å²) < 4.78 is 40.8. The average molecular weight is 499 g/mol. The maximum Gasteiger partial charge on any atom is 0.417 e. The Morgan fingerprint density at radius 1 is 0.829 bits per heavy atom. The molecule has 5 heteroatoms. The number of halogens is 3. The highest BCUT2D eigenvalue weighted by Crippen LogP contribution is 2.69. The molecular formula is C30H49F3O2. The van der Waals surface area contributed by atoms with Gasteiger partial charge in [-0.05, 0) is 130 Å². The van der Waals surface area contributed by atoms with Gasteiger partial charge in [-0.2, -0.15) is 13.2 Å². The zero-order chi connectivity index (χ0) is 25.1. The minimum absolute atomic E-state index is 0.00745. The normalized spacial score (nSPS) is 47.6. The first-order valence-electron chi connectivity index (χ1n) is 15.0. The third-order valence-electron chi connectivity index (χ3n) is 12.7. The number of aliphatic hydroxyl groups excluding tert-OH is 1. The van der Waals surface area contributed by atoms with E-state index in [9.17, 15) is 23.4 Å². The Morgan fingerprint density at radius 2 is 1.54 bits per heavy atom. The molecule has 5 aliphatic rings. The molecule has 0 aliphatic heterocycles. The molecule has 0 heterocycles. The van der Waals surface area contributed by atoms with Gasteiger partial charge in [0.25, 0.3) is 0 Å². The van der Waals surface area contributed by atoms with Gasteiger partial charge in [0.1, 0.15) is 0 Å². The largest absolute Gasteiger partial charge is 0.417 e. The van der Waals surface area contributed by atoms with E-state index in [4.69, 9.17) is 0 Å². The molecule has 5 rings (SSSR count). The molecule has 5 fully saturated rings. The van der Waals surface area contributed by atoms with E-state index in [0.29, 0.717) is 35.5 Å². The van der Waals surface area contributed by atoms with E-state index < -0.39 is 11.8 Å². The van der Waals surface area contributed by atoms with E-state index in [2.05, 4.69) is 13.8 Å². The number of aliphatic hydroxyl groups is 2. The van der Waals surface area contributed by atoms with Crippen molar-refractivity contribution >= 4 is 0 Å². The molecule has 202 valence electrons. The first kappa shape index (κ1) is 26.3. The first-order chi connectivity index (χ1) is 16.5. The third-order valence-corrected chi connectivity index (χ3v) is 12.7. The van der Waals surface area contributed by atoms with Gasteiger partial charge in [0, 0.05) is 0 Å². The van der Waals surface area contributed by atoms with Crippen molar-refractivity contribution in [2.24, 2.45) is 46.3 Å². The fourth-order valence-corrected chi connectivity index (χ4v) is 10.4. The second kappa shape index (κ2) is 9.47. The van der Waals surface area contributed by atoms with E-state index in [-0.39, 0.29) is 30.3 Å². The van der Waals surface area contributed by atoms with Crippen LogP contribution >= 0.6 is 0 Å². The zero-order valence-corrected chi connectivity index (χ0v) is 22.1. The highest BCUT2D eigenvalue weighted by Gasteiger charge is 2.64. The SMILES string of the molecule is C[C@]12CC[C@@](O)(C(F)(F)F)C[C@@H]1CC[C@@H]1[C@@H]2CC[C@]2(C)[C@@H](CCC[C@@H](O)C3CCCCC3)CC[C@@H]12. The van der Waals surface area contributed by atoms with Crippen LogP contribution in [0.5, 0.6) is 0 Å². The first-order valence-corrected chi connectivity index (χ1v) is 15.0. The Balaban J connectivity index is 1.20. The standard InChI is InChI=1S/C30H49F3O2/c1-27-16-15-25-23(13-11-22-19-29(35,30(31,32)33)18-17-28(22,25)2)24(27)14-12-21(27)9-6-10-26(34)20-7-4-3-5-8-20/h20-26,34-35H,3-19H2,1-2H3/t21-,22-,23-,24-,25-,26+,27+,28-,29-/m0/s1. The highest BCUT2D eigenvalue weighted by molar-refractivity contribution is 5.11. The summed E-state index contributed by atoms with van der Waals surface area (Å²) in [5.41, 5.74) is -2.17. The molecule has 0 saturated heterocycles. The number of hydrogen-bond donors (Lipinski definition) is 2. The van der Waals surface area contributed by atoms with E-state index in [0.717, 1.165) is 38.0 Å². The van der Waals surface area contributed by atoms with Crippen LogP contribution in [0.3, 0.4) is 0 Å². The van der Waals surface area contributed by atoms with Crippen molar-refractivity contribution in [3.63, 3.8) is 0 Å². The van der Waals surface area contributed by atoms with Crippen LogP contribution in [0.1, 0.15) is 123 Å². The maximum atomic E-state index is 13.6. The lowest BCUT2D eigenvalue weighted by Crippen LogP contribution is -2.59. The van der Waals surface area contributed by atoms with Crippen molar-refractivity contribution in [2.75, 3.05) is 0 Å². The van der Waals surface area contributed by atoms with Crippen LogP contribution in [0.2, 0.25) is 0 Å². The minimum Gasteiger partial charge on any atom is -0.393 e. The Hall–Kier alpha value is -0.290. The molecule has 0 spiro atoms. The summed E-state index contributed by atoms with van der Waals surface area (Å²) in [6.07, 6.45) is 12.1. The van der Waals surface area contributed by atoms with E-state index in [1.54, 1.807) is 0 Å². The van der Waals surface area contributed by atoms with Gasteiger partial charge in [0.15, 0.2) is 5.60 Å². The second-order valence-electron chi connectivity index (χ2n) is 14.1. The Labute approximate surface area is 210 Å². The molecule has 5 aliphatic carbocycles. The Morgan fingerprint density at radius 3 is 2.26 bits per heavy atom. The summed E-state index contributed by atoms with van der Waals surface area (Å²) in [5.74, 6) is 3.11. The topological polar surface area (TPSA) is 40.5 Å². The fraction of sp³-hybridized carbons (Fsp3) is 1.00. The van der Waals surface area contributed by atoms with Crippen molar-refractivity contribution < 1.29 is 23.4 Å². The lowest BCUT2D eigenvalue weighted by Gasteiger charge is -2.62. The molecule has 0 bridgehead atoms. The Bertz CT molecular complexity index is 748. The molecule has 0 aromatic rings. The molecule has 0 aromatic heterocycles. The molecule has 2 N–H and O–H groups in total. The molecule has 35 heavy (non-hydrogen) atoms. The molecule has 0 radical (unpaired) electrons. The summed E-state index contributed by atoms with van der Waals surface area (Å²) >= 11 is 0. The quantitative estimate of drug-likeness (QED) is 0.402. The summed E-state index contributed by atoms with van der Waals surface area (Å²) in [5, 5.41) is 21.2. The molecule has 0 aromatic carbocycles. The van der Waals surface area contributed by atoms with E-state index in [1.165, 1.54) is 57.8 Å². The maximum absolute atomic E-state index is 13.6. The fourth-order valence-electron chi connectivity index (χ4n) is 10.4. The third kappa shape index (κ3) is 4.51. The number of rotatable bonds is 5. The van der Waals surface area contributed by atoms with Gasteiger partial charge >= 0.3 is 6.18 Å². The van der Waals surface area contributed by atoms with Crippen molar-refractivity contribution in [1.29, 1.82) is 0 Å². The Kier molecular flexibility index (Phi) is 7.12. The average Bonchev–Trinajstić information content (AvgIpc) is 3.16. The molecule has 0 unspecified atom stereocenters. The van der Waals surface area contributed by atoms with E-state index in [1.807, 2.05) is 0 Å². The number of alkyl halides is 3. The van der Waals surface area contributed by atoms with Gasteiger partial charge < -0.3 is 10.2 Å². The van der Waals surface area contributed by atoms with Gasteiger partial charge in [-0.1, -0.05) is 39.5 Å². The van der Waals surface area contributed by atoms with Gasteiger partial charge in [-0.3, -0.25) is 0 Å². The summed E-state index contributed by atoms with van der Waals surface area (Å²) in [7, 11) is 0. The molecule has 2 nitrogen and oxygen atoms in total. The zero-order valence-electron chi connectivity index (χ0n) is 22.1. The molecule has 9 atom stereocenters. The number of fused-ring (bicyclic) bond motifs is 5. The van der Waals surface area contributed by atoms with Gasteiger partial charge in [-0.15, -0.1) is 0 Å². The summed E-state index contributed by atoms with van der Waals surface area (Å²) in [6.45, 7) is 4.80.